The predicted octanol–water partition coefficient (Wildman–Crippen LogP) is 3.75. The van der Waals surface area contributed by atoms with Crippen LogP contribution in [0.4, 0.5) is 0 Å². The molecule has 1 aliphatic carbocycles. The van der Waals surface area contributed by atoms with Gasteiger partial charge in [0, 0.05) is 0 Å². The standard InChI is InChI=1S/C5H5.2C2H5.ClH.Zr/c1-2-4-5-3-1;2*1-2;;/h1-3H,4H2;2*1H2,2H3;1H;. The van der Waals surface area contributed by atoms with Crippen molar-refractivity contribution in [1.82, 2.24) is 0 Å². The van der Waals surface area contributed by atoms with E-state index in [0.717, 1.165) is 0 Å². The summed E-state index contributed by atoms with van der Waals surface area (Å²) in [6, 6.07) is 0. The van der Waals surface area contributed by atoms with E-state index in [1.54, 1.807) is 0 Å². The Balaban J connectivity index is 0.000001000. The Kier molecular flexibility index (Phi) is 6.57. The van der Waals surface area contributed by atoms with Gasteiger partial charge in [0.25, 0.3) is 0 Å². The van der Waals surface area contributed by atoms with Crippen molar-refractivity contribution in [2.75, 3.05) is 0 Å². The smallest absolute Gasteiger partial charge is 0.147 e. The molecule has 0 aliphatic heterocycles. The minimum Gasteiger partial charge on any atom is -0.147 e. The summed E-state index contributed by atoms with van der Waals surface area (Å²) in [7, 11) is 0. The minimum atomic E-state index is -0.982. The molecule has 63 valence electrons. The fraction of sp³-hybridized carbons (Fsp3) is 0.556. The van der Waals surface area contributed by atoms with E-state index in [1.807, 2.05) is 3.28 Å². The van der Waals surface area contributed by atoms with E-state index in [4.69, 9.17) is 0 Å². The van der Waals surface area contributed by atoms with Crippen molar-refractivity contribution in [2.24, 2.45) is 0 Å². The van der Waals surface area contributed by atoms with Crippen LogP contribution in [-0.2, 0) is 21.8 Å². The van der Waals surface area contributed by atoms with Gasteiger partial charge in [0.1, 0.15) is 0 Å². The van der Waals surface area contributed by atoms with Crippen LogP contribution in [0.25, 0.3) is 0 Å². The molecule has 0 fully saturated rings. The molecule has 0 aromatic rings. The minimum absolute atomic E-state index is 0. The third-order valence-corrected chi connectivity index (χ3v) is 9.42. The second kappa shape index (κ2) is 6.20. The summed E-state index contributed by atoms with van der Waals surface area (Å²) in [5, 5.41) is 0. The van der Waals surface area contributed by atoms with Gasteiger partial charge in [0.05, 0.1) is 0 Å². The molecule has 0 aromatic carbocycles. The fourth-order valence-electron chi connectivity index (χ4n) is 1.41. The van der Waals surface area contributed by atoms with E-state index >= 15 is 0 Å². The molecule has 0 unspecified atom stereocenters. The monoisotopic (exact) mass is 249 g/mol. The Morgan fingerprint density at radius 1 is 1.36 bits per heavy atom. The maximum Gasteiger partial charge on any atom is -0.147 e. The maximum absolute atomic E-state index is 2.36. The zero-order chi connectivity index (χ0) is 7.40. The van der Waals surface area contributed by atoms with E-state index < -0.39 is 21.8 Å². The van der Waals surface area contributed by atoms with Gasteiger partial charge in [-0.3, -0.25) is 0 Å². The third-order valence-electron chi connectivity index (χ3n) is 2.08. The number of hydrogen-bond acceptors (Lipinski definition) is 0. The summed E-state index contributed by atoms with van der Waals surface area (Å²) in [5.74, 6) is 0. The van der Waals surface area contributed by atoms with Gasteiger partial charge in [-0.15, -0.1) is 12.4 Å². The molecule has 0 spiro atoms. The molecular formula is C9H16ClZr. The largest absolute Gasteiger partial charge is 0.147 e. The van der Waals surface area contributed by atoms with Crippen LogP contribution in [0.5, 0.6) is 0 Å². The SMILES string of the molecule is C[CH2][Zr]([CH2]C)[C]1=CC=CC1.Cl. The average Bonchev–Trinajstić information content (AvgIpc) is 2.43. The topological polar surface area (TPSA) is 0 Å². The molecule has 0 amide bonds. The van der Waals surface area contributed by atoms with Crippen LogP contribution in [0, 0.1) is 0 Å². The average molecular weight is 251 g/mol. The molecule has 0 aromatic heterocycles. The first-order valence-electron chi connectivity index (χ1n) is 4.09. The molecule has 11 heavy (non-hydrogen) atoms. The third kappa shape index (κ3) is 3.26. The number of rotatable bonds is 3. The molecule has 0 radical (unpaired) electrons. The summed E-state index contributed by atoms with van der Waals surface area (Å²) >= 11 is -0.982. The van der Waals surface area contributed by atoms with Gasteiger partial charge in [0.2, 0.25) is 0 Å². The molecule has 0 saturated carbocycles. The molecule has 0 heterocycles. The van der Waals surface area contributed by atoms with E-state index in [1.165, 1.54) is 14.7 Å². The Hall–Kier alpha value is 0.653. The van der Waals surface area contributed by atoms with Crippen LogP contribution in [-0.4, -0.2) is 0 Å². The van der Waals surface area contributed by atoms with Crippen LogP contribution < -0.4 is 0 Å². The van der Waals surface area contributed by atoms with Gasteiger partial charge >= 0.3 is 71.8 Å². The molecule has 2 heteroatoms. The van der Waals surface area contributed by atoms with E-state index in [2.05, 4.69) is 32.1 Å². The normalized spacial score (nSPS) is 14.2. The van der Waals surface area contributed by atoms with Crippen molar-refractivity contribution in [3.8, 4) is 0 Å². The second-order valence-electron chi connectivity index (χ2n) is 2.63. The van der Waals surface area contributed by atoms with Crippen molar-refractivity contribution in [3.63, 3.8) is 0 Å². The van der Waals surface area contributed by atoms with Crippen LogP contribution in [0.1, 0.15) is 20.3 Å². The van der Waals surface area contributed by atoms with Crippen LogP contribution in [0.15, 0.2) is 21.5 Å². The van der Waals surface area contributed by atoms with Crippen molar-refractivity contribution >= 4 is 12.4 Å². The van der Waals surface area contributed by atoms with Crippen molar-refractivity contribution in [1.29, 1.82) is 0 Å². The molecule has 0 bridgehead atoms. The quantitative estimate of drug-likeness (QED) is 0.716. The molecular weight excluding hydrogens is 235 g/mol. The molecule has 1 aliphatic rings. The van der Waals surface area contributed by atoms with E-state index in [-0.39, 0.29) is 12.4 Å². The van der Waals surface area contributed by atoms with Gasteiger partial charge in [0.15, 0.2) is 0 Å². The summed E-state index contributed by atoms with van der Waals surface area (Å²) in [4.78, 5) is 0. The molecule has 0 nitrogen and oxygen atoms in total. The van der Waals surface area contributed by atoms with Crippen LogP contribution in [0.2, 0.25) is 8.26 Å². The summed E-state index contributed by atoms with van der Waals surface area (Å²) in [6.07, 6.45) is 8.17. The zero-order valence-corrected chi connectivity index (χ0v) is 10.5. The van der Waals surface area contributed by atoms with Gasteiger partial charge in [-0.25, -0.2) is 0 Å². The molecule has 1 rings (SSSR count). The van der Waals surface area contributed by atoms with Crippen molar-refractivity contribution in [2.45, 2.75) is 28.5 Å². The fourth-order valence-corrected chi connectivity index (χ4v) is 6.69. The first-order chi connectivity index (χ1) is 4.88. The summed E-state index contributed by atoms with van der Waals surface area (Å²) < 4.78 is 4.81. The Labute approximate surface area is 83.8 Å². The molecule has 0 atom stereocenters. The predicted molar refractivity (Wildman–Crippen MR) is 50.1 cm³/mol. The Morgan fingerprint density at radius 2 is 2.00 bits per heavy atom. The number of halogens is 1. The van der Waals surface area contributed by atoms with Crippen LogP contribution in [0.3, 0.4) is 0 Å². The number of hydrogen-bond donors (Lipinski definition) is 0. The zero-order valence-electron chi connectivity index (χ0n) is 7.26. The van der Waals surface area contributed by atoms with E-state index in [9.17, 15) is 0 Å². The molecule has 0 saturated heterocycles. The second-order valence-corrected chi connectivity index (χ2v) is 10.7. The Bertz CT molecular complexity index is 157. The Morgan fingerprint density at radius 3 is 2.36 bits per heavy atom. The van der Waals surface area contributed by atoms with Gasteiger partial charge in [-0.05, 0) is 0 Å². The molecule has 0 N–H and O–H groups in total. The first kappa shape index (κ1) is 11.7. The van der Waals surface area contributed by atoms with Crippen molar-refractivity contribution in [3.05, 3.63) is 21.5 Å². The van der Waals surface area contributed by atoms with Crippen molar-refractivity contribution < 1.29 is 21.8 Å². The maximum atomic E-state index is 2.36. The van der Waals surface area contributed by atoms with E-state index in [0.29, 0.717) is 0 Å². The first-order valence-corrected chi connectivity index (χ1v) is 8.79. The van der Waals surface area contributed by atoms with Gasteiger partial charge in [-0.1, -0.05) is 0 Å². The van der Waals surface area contributed by atoms with Crippen LogP contribution >= 0.6 is 12.4 Å². The van der Waals surface area contributed by atoms with Gasteiger partial charge < -0.3 is 0 Å². The van der Waals surface area contributed by atoms with Gasteiger partial charge in [-0.2, -0.15) is 0 Å². The summed E-state index contributed by atoms with van der Waals surface area (Å²) in [6.45, 7) is 4.72. The number of allylic oxidation sites excluding steroid dienone is 4. The summed E-state index contributed by atoms with van der Waals surface area (Å²) in [5.41, 5.74) is 0.